The lowest BCUT2D eigenvalue weighted by Crippen LogP contribution is -2.35. The van der Waals surface area contributed by atoms with Gasteiger partial charge in [-0.2, -0.15) is 0 Å². The van der Waals surface area contributed by atoms with E-state index in [-0.39, 0.29) is 17.6 Å². The maximum absolute atomic E-state index is 12.5. The molecule has 0 bridgehead atoms. The summed E-state index contributed by atoms with van der Waals surface area (Å²) < 4.78 is 20.1. The summed E-state index contributed by atoms with van der Waals surface area (Å²) in [5.41, 5.74) is 0.572. The highest BCUT2D eigenvalue weighted by atomic mass is 32.2. The summed E-state index contributed by atoms with van der Waals surface area (Å²) >= 11 is 0.730. The number of rotatable bonds is 8. The van der Waals surface area contributed by atoms with Crippen molar-refractivity contribution in [2.75, 3.05) is 27.4 Å². The molecule has 1 aromatic carbocycles. The minimum absolute atomic E-state index is 0.164. The van der Waals surface area contributed by atoms with Crippen LogP contribution in [0.1, 0.15) is 19.4 Å². The van der Waals surface area contributed by atoms with Crippen molar-refractivity contribution >= 4 is 40.9 Å². The number of hydrogen-bond donors (Lipinski definition) is 0. The minimum atomic E-state index is -0.655. The summed E-state index contributed by atoms with van der Waals surface area (Å²) in [7, 11) is 2.68. The molecule has 0 spiro atoms. The fourth-order valence-electron chi connectivity index (χ4n) is 2.31. The Morgan fingerprint density at radius 2 is 1.86 bits per heavy atom. The van der Waals surface area contributed by atoms with Gasteiger partial charge in [-0.15, -0.1) is 0 Å². The number of hydrogen-bond acceptors (Lipinski definition) is 9. The fourth-order valence-corrected chi connectivity index (χ4v) is 3.14. The van der Waals surface area contributed by atoms with Crippen LogP contribution in [-0.2, 0) is 23.9 Å². The summed E-state index contributed by atoms with van der Waals surface area (Å²) in [6.45, 7) is 2.64. The molecule has 9 nitrogen and oxygen atoms in total. The van der Waals surface area contributed by atoms with Crippen LogP contribution < -0.4 is 9.47 Å². The van der Waals surface area contributed by atoms with Gasteiger partial charge in [-0.3, -0.25) is 19.3 Å². The van der Waals surface area contributed by atoms with Crippen molar-refractivity contribution in [3.63, 3.8) is 0 Å². The highest BCUT2D eigenvalue weighted by Gasteiger charge is 2.36. The number of benzene rings is 1. The second kappa shape index (κ2) is 9.97. The third-order valence-electron chi connectivity index (χ3n) is 3.59. The molecule has 1 heterocycles. The molecule has 29 heavy (non-hydrogen) atoms. The van der Waals surface area contributed by atoms with Crippen molar-refractivity contribution in [2.45, 2.75) is 20.0 Å². The Balaban J connectivity index is 2.14. The van der Waals surface area contributed by atoms with Gasteiger partial charge < -0.3 is 18.9 Å². The van der Waals surface area contributed by atoms with Gasteiger partial charge in [0.05, 0.1) is 25.2 Å². The van der Waals surface area contributed by atoms with Gasteiger partial charge in [0.25, 0.3) is 11.1 Å². The molecule has 1 aromatic rings. The van der Waals surface area contributed by atoms with Crippen molar-refractivity contribution < 1.29 is 38.1 Å². The average molecular weight is 423 g/mol. The maximum Gasteiger partial charge on any atom is 0.343 e. The van der Waals surface area contributed by atoms with Crippen LogP contribution in [0, 0.1) is 0 Å². The lowest BCUT2D eigenvalue weighted by atomic mass is 10.2. The van der Waals surface area contributed by atoms with Gasteiger partial charge in [-0.1, -0.05) is 6.07 Å². The Hall–Kier alpha value is -3.01. The largest absolute Gasteiger partial charge is 0.493 e. The third kappa shape index (κ3) is 5.98. The normalized spacial score (nSPS) is 15.1. The van der Waals surface area contributed by atoms with Crippen LogP contribution in [0.4, 0.5) is 4.79 Å². The monoisotopic (exact) mass is 423 g/mol. The number of thioether (sulfide) groups is 1. The molecule has 156 valence electrons. The van der Waals surface area contributed by atoms with Crippen LogP contribution in [0.25, 0.3) is 6.08 Å². The van der Waals surface area contributed by atoms with Gasteiger partial charge in [-0.05, 0) is 49.4 Å². The quantitative estimate of drug-likeness (QED) is 0.459. The predicted molar refractivity (Wildman–Crippen MR) is 104 cm³/mol. The van der Waals surface area contributed by atoms with Gasteiger partial charge in [-0.25, -0.2) is 4.79 Å². The zero-order valence-electron chi connectivity index (χ0n) is 16.4. The van der Waals surface area contributed by atoms with E-state index in [1.54, 1.807) is 32.0 Å². The van der Waals surface area contributed by atoms with Gasteiger partial charge in [0.15, 0.2) is 18.1 Å². The lowest BCUT2D eigenvalue weighted by Gasteiger charge is -2.13. The summed E-state index contributed by atoms with van der Waals surface area (Å²) in [4.78, 5) is 48.5. The van der Waals surface area contributed by atoms with Gasteiger partial charge in [0.1, 0.15) is 6.54 Å². The van der Waals surface area contributed by atoms with Gasteiger partial charge in [0.2, 0.25) is 0 Å². The van der Waals surface area contributed by atoms with E-state index >= 15 is 0 Å². The molecule has 1 aliphatic rings. The molecule has 0 aliphatic carbocycles. The molecule has 10 heteroatoms. The molecule has 2 amide bonds. The Kier molecular flexibility index (Phi) is 7.66. The van der Waals surface area contributed by atoms with E-state index in [1.165, 1.54) is 20.3 Å². The van der Waals surface area contributed by atoms with Crippen LogP contribution in [0.5, 0.6) is 11.5 Å². The topological polar surface area (TPSA) is 108 Å². The molecule has 1 fully saturated rings. The number of carbonyl (C=O) groups is 4. The molecular formula is C19H21NO8S. The first-order chi connectivity index (χ1) is 13.7. The van der Waals surface area contributed by atoms with Crippen LogP contribution in [0.2, 0.25) is 0 Å². The van der Waals surface area contributed by atoms with E-state index < -0.39 is 29.6 Å². The van der Waals surface area contributed by atoms with Crippen LogP contribution in [-0.4, -0.2) is 61.5 Å². The summed E-state index contributed by atoms with van der Waals surface area (Å²) in [6.07, 6.45) is 1.16. The second-order valence-electron chi connectivity index (χ2n) is 6.08. The minimum Gasteiger partial charge on any atom is -0.493 e. The predicted octanol–water partition coefficient (Wildman–Crippen LogP) is 2.23. The van der Waals surface area contributed by atoms with E-state index in [0.29, 0.717) is 17.1 Å². The standard InChI is InChI=1S/C19H21NO8S/c1-11(2)28-16(21)9-20-18(23)15(29-19(20)24)8-12-5-6-13(14(7-12)25-3)27-10-17(22)26-4/h5-8,11H,9-10H2,1-4H3/b15-8+. The van der Waals surface area contributed by atoms with Crippen LogP contribution >= 0.6 is 11.8 Å². The average Bonchev–Trinajstić information content (AvgIpc) is 2.93. The van der Waals surface area contributed by atoms with Crippen molar-refractivity contribution in [3.05, 3.63) is 28.7 Å². The van der Waals surface area contributed by atoms with Gasteiger partial charge in [0, 0.05) is 0 Å². The first-order valence-electron chi connectivity index (χ1n) is 8.57. The van der Waals surface area contributed by atoms with Gasteiger partial charge >= 0.3 is 11.9 Å². The zero-order chi connectivity index (χ0) is 21.6. The molecule has 0 atom stereocenters. The number of methoxy groups -OCH3 is 2. The summed E-state index contributed by atoms with van der Waals surface area (Å²) in [5.74, 6) is -1.12. The first kappa shape index (κ1) is 22.3. The smallest absolute Gasteiger partial charge is 0.343 e. The zero-order valence-corrected chi connectivity index (χ0v) is 17.2. The van der Waals surface area contributed by atoms with E-state index in [4.69, 9.17) is 14.2 Å². The number of esters is 2. The Morgan fingerprint density at radius 3 is 2.48 bits per heavy atom. The molecule has 1 saturated heterocycles. The number of imide groups is 1. The van der Waals surface area contributed by atoms with Crippen molar-refractivity contribution in [1.29, 1.82) is 0 Å². The van der Waals surface area contributed by atoms with Crippen molar-refractivity contribution in [2.24, 2.45) is 0 Å². The first-order valence-corrected chi connectivity index (χ1v) is 9.39. The molecule has 2 rings (SSSR count). The second-order valence-corrected chi connectivity index (χ2v) is 7.07. The third-order valence-corrected chi connectivity index (χ3v) is 4.49. The molecule has 0 aromatic heterocycles. The van der Waals surface area contributed by atoms with E-state index in [0.717, 1.165) is 16.7 Å². The molecule has 0 N–H and O–H groups in total. The van der Waals surface area contributed by atoms with Crippen LogP contribution in [0.3, 0.4) is 0 Å². The van der Waals surface area contributed by atoms with Crippen molar-refractivity contribution in [1.82, 2.24) is 4.90 Å². The molecular weight excluding hydrogens is 402 g/mol. The fraction of sp³-hybridized carbons (Fsp3) is 0.368. The maximum atomic E-state index is 12.5. The number of amides is 2. The molecule has 0 unspecified atom stereocenters. The molecule has 0 saturated carbocycles. The summed E-state index contributed by atoms with van der Waals surface area (Å²) in [6, 6.07) is 4.79. The van der Waals surface area contributed by atoms with Crippen LogP contribution in [0.15, 0.2) is 23.1 Å². The molecule has 0 radical (unpaired) electrons. The summed E-state index contributed by atoms with van der Waals surface area (Å²) in [5, 5.41) is -0.549. The Labute approximate surface area is 171 Å². The Bertz CT molecular complexity index is 849. The number of carbonyl (C=O) groups excluding carboxylic acids is 4. The van der Waals surface area contributed by atoms with E-state index in [1.807, 2.05) is 0 Å². The van der Waals surface area contributed by atoms with E-state index in [9.17, 15) is 19.2 Å². The highest BCUT2D eigenvalue weighted by molar-refractivity contribution is 8.18. The lowest BCUT2D eigenvalue weighted by molar-refractivity contribution is -0.149. The highest BCUT2D eigenvalue weighted by Crippen LogP contribution is 2.34. The SMILES string of the molecule is COC(=O)COc1ccc(/C=C2/SC(=O)N(CC(=O)OC(C)C)C2=O)cc1OC. The molecule has 1 aliphatic heterocycles. The number of ether oxygens (including phenoxy) is 4. The van der Waals surface area contributed by atoms with Crippen molar-refractivity contribution in [3.8, 4) is 11.5 Å². The van der Waals surface area contributed by atoms with E-state index in [2.05, 4.69) is 4.74 Å². The number of nitrogens with zero attached hydrogens (tertiary/aromatic N) is 1. The Morgan fingerprint density at radius 1 is 1.14 bits per heavy atom.